The predicted octanol–water partition coefficient (Wildman–Crippen LogP) is 3.61. The summed E-state index contributed by atoms with van der Waals surface area (Å²) in [5.41, 5.74) is 0.527. The fraction of sp³-hybridized carbons (Fsp3) is 0.455. The molecule has 1 fully saturated rings. The van der Waals surface area contributed by atoms with E-state index in [4.69, 9.17) is 4.52 Å². The average molecular weight is 450 g/mol. The molecule has 0 bridgehead atoms. The molecule has 2 atom stereocenters. The predicted molar refractivity (Wildman–Crippen MR) is 116 cm³/mol. The molecule has 0 spiro atoms. The molecule has 3 rings (SSSR count). The largest absolute Gasteiger partial charge is 0.355 e. The smallest absolute Gasteiger partial charge is 0.248 e. The van der Waals surface area contributed by atoms with Crippen LogP contribution in [0.1, 0.15) is 50.1 Å². The zero-order chi connectivity index (χ0) is 22.6. The van der Waals surface area contributed by atoms with Gasteiger partial charge in [-0.2, -0.15) is 4.31 Å². The maximum Gasteiger partial charge on any atom is 0.248 e. The van der Waals surface area contributed by atoms with Crippen LogP contribution in [0.15, 0.2) is 33.7 Å². The van der Waals surface area contributed by atoms with Gasteiger partial charge in [-0.3, -0.25) is 4.79 Å². The first-order valence-corrected chi connectivity index (χ1v) is 11.9. The highest BCUT2D eigenvalue weighted by molar-refractivity contribution is 7.89. The molecule has 9 heteroatoms. The van der Waals surface area contributed by atoms with Gasteiger partial charge in [0.1, 0.15) is 11.5 Å². The molecule has 1 aromatic heterocycles. The van der Waals surface area contributed by atoms with Crippen LogP contribution in [0, 0.1) is 18.7 Å². The van der Waals surface area contributed by atoms with Crippen molar-refractivity contribution in [2.45, 2.75) is 51.0 Å². The van der Waals surface area contributed by atoms with E-state index in [9.17, 15) is 17.6 Å². The van der Waals surface area contributed by atoms with E-state index < -0.39 is 21.8 Å². The number of hydrogen-bond acceptors (Lipinski definition) is 5. The van der Waals surface area contributed by atoms with Gasteiger partial charge in [0.25, 0.3) is 0 Å². The number of piperidine rings is 1. The lowest BCUT2D eigenvalue weighted by Gasteiger charge is -2.31. The maximum atomic E-state index is 13.9. The Hall–Kier alpha value is -2.52. The molecule has 0 radical (unpaired) electrons. The molecule has 1 aliphatic heterocycles. The number of hydrogen-bond donors (Lipinski definition) is 1. The van der Waals surface area contributed by atoms with Crippen LogP contribution in [0.4, 0.5) is 4.39 Å². The Balaban J connectivity index is 1.84. The number of amides is 1. The van der Waals surface area contributed by atoms with E-state index in [1.807, 2.05) is 13.8 Å². The van der Waals surface area contributed by atoms with Crippen LogP contribution in [0.25, 0.3) is 12.2 Å². The molecular weight excluding hydrogens is 421 g/mol. The van der Waals surface area contributed by atoms with Gasteiger partial charge in [-0.25, -0.2) is 12.8 Å². The summed E-state index contributed by atoms with van der Waals surface area (Å²) in [6, 6.07) is 6.20. The van der Waals surface area contributed by atoms with Crippen LogP contribution >= 0.6 is 0 Å². The Morgan fingerprint density at radius 1 is 1.39 bits per heavy atom. The summed E-state index contributed by atoms with van der Waals surface area (Å²) in [5.74, 6) is -0.927. The summed E-state index contributed by atoms with van der Waals surface area (Å²) in [4.78, 5) is 12.5. The number of aromatic nitrogens is 1. The number of halogens is 1. The molecule has 1 saturated heterocycles. The normalized spacial score (nSPS) is 18.9. The summed E-state index contributed by atoms with van der Waals surface area (Å²) >= 11 is 0. The van der Waals surface area contributed by atoms with Crippen molar-refractivity contribution in [2.75, 3.05) is 13.1 Å². The quantitative estimate of drug-likeness (QED) is 0.697. The zero-order valence-electron chi connectivity index (χ0n) is 18.0. The van der Waals surface area contributed by atoms with Crippen molar-refractivity contribution in [3.63, 3.8) is 0 Å². The number of aryl methyl sites for hydroxylation is 1. The minimum absolute atomic E-state index is 0.0342. The minimum Gasteiger partial charge on any atom is -0.355 e. The molecule has 0 unspecified atom stereocenters. The van der Waals surface area contributed by atoms with E-state index >= 15 is 0 Å². The Morgan fingerprint density at radius 3 is 2.84 bits per heavy atom. The van der Waals surface area contributed by atoms with Gasteiger partial charge >= 0.3 is 0 Å². The fourth-order valence-corrected chi connectivity index (χ4v) is 5.32. The van der Waals surface area contributed by atoms with Crippen LogP contribution in [0.3, 0.4) is 0 Å². The average Bonchev–Trinajstić information content (AvgIpc) is 3.14. The van der Waals surface area contributed by atoms with Crippen molar-refractivity contribution < 1.29 is 22.1 Å². The molecule has 0 aliphatic carbocycles. The number of sulfonamides is 1. The Morgan fingerprint density at radius 2 is 2.13 bits per heavy atom. The highest BCUT2D eigenvalue weighted by Gasteiger charge is 2.37. The first-order valence-electron chi connectivity index (χ1n) is 10.4. The SMILES string of the molecule is CC[C@@H](C)NC(=O)[C@@H]1CCCN(S(=O)(=O)c2c(C)noc2/C=C/c2ccccc2F)C1. The Bertz CT molecular complexity index is 1060. The number of rotatable bonds is 7. The summed E-state index contributed by atoms with van der Waals surface area (Å²) in [7, 11) is -3.94. The molecule has 1 amide bonds. The van der Waals surface area contributed by atoms with E-state index in [2.05, 4.69) is 10.5 Å². The van der Waals surface area contributed by atoms with Crippen molar-refractivity contribution in [1.82, 2.24) is 14.8 Å². The van der Waals surface area contributed by atoms with Crippen LogP contribution in [-0.2, 0) is 14.8 Å². The van der Waals surface area contributed by atoms with Gasteiger partial charge in [-0.15, -0.1) is 0 Å². The monoisotopic (exact) mass is 449 g/mol. The number of carbonyl (C=O) groups excluding carboxylic acids is 1. The molecule has 1 N–H and O–H groups in total. The standard InChI is InChI=1S/C22H28FN3O4S/c1-4-15(2)24-22(27)18-9-7-13-26(14-18)31(28,29)21-16(3)25-30-20(21)12-11-17-8-5-6-10-19(17)23/h5-6,8,10-12,15,18H,4,7,9,13-14H2,1-3H3,(H,24,27)/b12-11+/t15-,18-/m1/s1. The number of nitrogens with zero attached hydrogens (tertiary/aromatic N) is 2. The van der Waals surface area contributed by atoms with Crippen LogP contribution < -0.4 is 5.32 Å². The molecular formula is C22H28FN3O4S. The van der Waals surface area contributed by atoms with Crippen molar-refractivity contribution in [3.05, 3.63) is 47.1 Å². The zero-order valence-corrected chi connectivity index (χ0v) is 18.8. The highest BCUT2D eigenvalue weighted by Crippen LogP contribution is 2.29. The van der Waals surface area contributed by atoms with E-state index in [0.717, 1.165) is 6.42 Å². The highest BCUT2D eigenvalue weighted by atomic mass is 32.2. The van der Waals surface area contributed by atoms with E-state index in [1.54, 1.807) is 25.1 Å². The summed E-state index contributed by atoms with van der Waals surface area (Å²) in [6.07, 6.45) is 4.88. The van der Waals surface area contributed by atoms with Crippen molar-refractivity contribution in [3.8, 4) is 0 Å². The Kier molecular flexibility index (Phi) is 7.27. The third kappa shape index (κ3) is 5.22. The summed E-state index contributed by atoms with van der Waals surface area (Å²) in [5, 5.41) is 6.75. The van der Waals surface area contributed by atoms with Gasteiger partial charge in [0, 0.05) is 24.7 Å². The van der Waals surface area contributed by atoms with Crippen LogP contribution in [-0.4, -0.2) is 42.9 Å². The second-order valence-electron chi connectivity index (χ2n) is 7.84. The number of nitrogens with one attached hydrogen (secondary N) is 1. The van der Waals surface area contributed by atoms with Gasteiger partial charge in [-0.05, 0) is 51.3 Å². The molecule has 168 valence electrons. The lowest BCUT2D eigenvalue weighted by molar-refractivity contribution is -0.126. The molecule has 2 aromatic rings. The van der Waals surface area contributed by atoms with E-state index in [1.165, 1.54) is 22.5 Å². The third-order valence-electron chi connectivity index (χ3n) is 5.51. The topological polar surface area (TPSA) is 92.5 Å². The summed E-state index contributed by atoms with van der Waals surface area (Å²) < 4.78 is 47.2. The van der Waals surface area contributed by atoms with Gasteiger partial charge in [0.05, 0.1) is 5.92 Å². The maximum absolute atomic E-state index is 13.9. The second-order valence-corrected chi connectivity index (χ2v) is 9.71. The van der Waals surface area contributed by atoms with Gasteiger partial charge < -0.3 is 9.84 Å². The molecule has 31 heavy (non-hydrogen) atoms. The number of benzene rings is 1. The van der Waals surface area contributed by atoms with Crippen molar-refractivity contribution in [1.29, 1.82) is 0 Å². The molecule has 0 saturated carbocycles. The van der Waals surface area contributed by atoms with Crippen LogP contribution in [0.2, 0.25) is 0 Å². The first kappa shape index (κ1) is 23.1. The van der Waals surface area contributed by atoms with Crippen LogP contribution in [0.5, 0.6) is 0 Å². The number of carbonyl (C=O) groups is 1. The third-order valence-corrected chi connectivity index (χ3v) is 7.53. The molecule has 7 nitrogen and oxygen atoms in total. The lowest BCUT2D eigenvalue weighted by Crippen LogP contribution is -2.47. The van der Waals surface area contributed by atoms with E-state index in [-0.39, 0.29) is 34.8 Å². The lowest BCUT2D eigenvalue weighted by atomic mass is 9.98. The fourth-order valence-electron chi connectivity index (χ4n) is 3.54. The molecule has 1 aromatic carbocycles. The van der Waals surface area contributed by atoms with Gasteiger partial charge in [-0.1, -0.05) is 30.3 Å². The second kappa shape index (κ2) is 9.74. The van der Waals surface area contributed by atoms with E-state index in [0.29, 0.717) is 24.9 Å². The van der Waals surface area contributed by atoms with Gasteiger partial charge in [0.15, 0.2) is 10.7 Å². The molecule has 2 heterocycles. The first-order chi connectivity index (χ1) is 14.7. The Labute approximate surface area is 182 Å². The van der Waals surface area contributed by atoms with Crippen molar-refractivity contribution >= 4 is 28.1 Å². The van der Waals surface area contributed by atoms with Gasteiger partial charge in [0.2, 0.25) is 15.9 Å². The minimum atomic E-state index is -3.94. The molecule has 1 aliphatic rings. The van der Waals surface area contributed by atoms with Crippen molar-refractivity contribution in [2.24, 2.45) is 5.92 Å². The summed E-state index contributed by atoms with van der Waals surface area (Å²) in [6.45, 7) is 5.87.